The van der Waals surface area contributed by atoms with Gasteiger partial charge in [0.2, 0.25) is 0 Å². The largest absolute Gasteiger partial charge is 0.573 e. The highest BCUT2D eigenvalue weighted by atomic mass is 32.2. The van der Waals surface area contributed by atoms with E-state index in [1.54, 1.807) is 17.8 Å². The first-order valence-corrected chi connectivity index (χ1v) is 6.72. The van der Waals surface area contributed by atoms with Gasteiger partial charge in [-0.1, -0.05) is 12.1 Å². The minimum Gasteiger partial charge on any atom is -0.404 e. The maximum absolute atomic E-state index is 12.2. The zero-order valence-corrected chi connectivity index (χ0v) is 11.0. The van der Waals surface area contributed by atoms with Crippen molar-refractivity contribution < 1.29 is 17.9 Å². The summed E-state index contributed by atoms with van der Waals surface area (Å²) in [5.74, 6) is 0.480. The number of hydrogen-bond donors (Lipinski definition) is 2. The summed E-state index contributed by atoms with van der Waals surface area (Å²) < 4.78 is 40.5. The summed E-state index contributed by atoms with van der Waals surface area (Å²) in [6, 6.07) is 5.64. The topological polar surface area (TPSA) is 59.6 Å². The predicted molar refractivity (Wildman–Crippen MR) is 71.6 cm³/mol. The highest BCUT2D eigenvalue weighted by Crippen LogP contribution is 2.29. The van der Waals surface area contributed by atoms with Crippen LogP contribution in [0, 0.1) is 0 Å². The van der Waals surface area contributed by atoms with Gasteiger partial charge in [-0.25, -0.2) is 0 Å². The van der Waals surface area contributed by atoms with Crippen molar-refractivity contribution in [3.63, 3.8) is 0 Å². The van der Waals surface area contributed by atoms with Crippen molar-refractivity contribution in [1.29, 1.82) is 0 Å². The third kappa shape index (κ3) is 6.23. The van der Waals surface area contributed by atoms with E-state index in [2.05, 4.69) is 15.0 Å². The maximum atomic E-state index is 12.2. The Kier molecular flexibility index (Phi) is 5.81. The molecule has 0 atom stereocenters. The molecule has 0 aliphatic carbocycles. The zero-order valence-electron chi connectivity index (χ0n) is 10.2. The maximum Gasteiger partial charge on any atom is 0.573 e. The van der Waals surface area contributed by atoms with Crippen molar-refractivity contribution >= 4 is 23.4 Å². The van der Waals surface area contributed by atoms with Crippen molar-refractivity contribution in [2.45, 2.75) is 6.36 Å². The van der Waals surface area contributed by atoms with Gasteiger partial charge in [-0.3, -0.25) is 4.99 Å². The molecule has 0 saturated carbocycles. The van der Waals surface area contributed by atoms with Crippen LogP contribution in [-0.4, -0.2) is 30.9 Å². The Hall–Kier alpha value is -1.57. The Morgan fingerprint density at radius 1 is 1.42 bits per heavy atom. The molecule has 106 valence electrons. The minimum atomic E-state index is -4.75. The van der Waals surface area contributed by atoms with Crippen LogP contribution in [0.5, 0.6) is 5.75 Å². The molecule has 1 aromatic carbocycles. The molecule has 0 amide bonds. The monoisotopic (exact) mass is 293 g/mol. The molecule has 1 aromatic rings. The molecule has 0 aliphatic rings. The van der Waals surface area contributed by atoms with E-state index in [9.17, 15) is 13.2 Å². The van der Waals surface area contributed by atoms with E-state index in [0.29, 0.717) is 6.54 Å². The van der Waals surface area contributed by atoms with Gasteiger partial charge in [0.15, 0.2) is 11.7 Å². The van der Waals surface area contributed by atoms with Crippen molar-refractivity contribution in [3.8, 4) is 5.75 Å². The fraction of sp³-hybridized carbons (Fsp3) is 0.364. The number of para-hydroxylation sites is 2. The predicted octanol–water partition coefficient (Wildman–Crippen LogP) is 2.67. The zero-order chi connectivity index (χ0) is 14.3. The van der Waals surface area contributed by atoms with Crippen LogP contribution < -0.4 is 15.8 Å². The van der Waals surface area contributed by atoms with Gasteiger partial charge < -0.3 is 15.8 Å². The smallest absolute Gasteiger partial charge is 0.404 e. The van der Waals surface area contributed by atoms with E-state index in [-0.39, 0.29) is 17.4 Å². The number of rotatable bonds is 5. The van der Waals surface area contributed by atoms with E-state index in [1.165, 1.54) is 18.2 Å². The number of halogens is 3. The number of thioether (sulfide) groups is 1. The lowest BCUT2D eigenvalue weighted by atomic mass is 10.3. The number of alkyl halides is 3. The fourth-order valence-corrected chi connectivity index (χ4v) is 1.49. The summed E-state index contributed by atoms with van der Waals surface area (Å²) in [6.45, 7) is 0.488. The lowest BCUT2D eigenvalue weighted by Gasteiger charge is -2.14. The van der Waals surface area contributed by atoms with Gasteiger partial charge in [-0.2, -0.15) is 11.8 Å². The van der Waals surface area contributed by atoms with Gasteiger partial charge in [0.25, 0.3) is 0 Å². The Morgan fingerprint density at radius 3 is 2.74 bits per heavy atom. The van der Waals surface area contributed by atoms with Gasteiger partial charge >= 0.3 is 6.36 Å². The van der Waals surface area contributed by atoms with Gasteiger partial charge in [0, 0.05) is 5.75 Å². The number of nitrogens with one attached hydrogen (secondary N) is 1. The molecule has 4 nitrogen and oxygen atoms in total. The van der Waals surface area contributed by atoms with Crippen molar-refractivity contribution in [3.05, 3.63) is 24.3 Å². The Bertz CT molecular complexity index is 437. The summed E-state index contributed by atoms with van der Waals surface area (Å²) in [7, 11) is 0. The van der Waals surface area contributed by atoms with Crippen molar-refractivity contribution in [1.82, 2.24) is 0 Å². The van der Waals surface area contributed by atoms with Crippen LogP contribution in [0.3, 0.4) is 0 Å². The van der Waals surface area contributed by atoms with Gasteiger partial charge in [-0.15, -0.1) is 13.2 Å². The van der Waals surface area contributed by atoms with Crippen LogP contribution in [0.25, 0.3) is 0 Å². The average molecular weight is 293 g/mol. The van der Waals surface area contributed by atoms with Crippen molar-refractivity contribution in [2.75, 3.05) is 23.9 Å². The third-order valence-corrected chi connectivity index (χ3v) is 2.54. The number of nitrogens with two attached hydrogens (primary N) is 1. The molecule has 0 fully saturated rings. The normalized spacial score (nSPS) is 12.3. The first-order valence-electron chi connectivity index (χ1n) is 5.33. The highest BCUT2D eigenvalue weighted by molar-refractivity contribution is 7.98. The molecule has 0 saturated heterocycles. The SMILES string of the molecule is CSCCN=C(N)Nc1ccccc1OC(F)(F)F. The molecule has 0 spiro atoms. The molecule has 0 radical (unpaired) electrons. The molecular formula is C11H14F3N3OS. The molecule has 8 heteroatoms. The number of hydrogen-bond acceptors (Lipinski definition) is 3. The number of anilines is 1. The standard InChI is InChI=1S/C11H14F3N3OS/c1-19-7-6-16-10(15)17-8-4-2-3-5-9(8)18-11(12,13)14/h2-5H,6-7H2,1H3,(H3,15,16,17). The number of aliphatic imine (C=N–C) groups is 1. The molecular weight excluding hydrogens is 279 g/mol. The summed E-state index contributed by atoms with van der Waals surface area (Å²) in [6.07, 6.45) is -2.83. The molecule has 3 N–H and O–H groups in total. The first kappa shape index (κ1) is 15.5. The van der Waals surface area contributed by atoms with Crippen LogP contribution in [0.15, 0.2) is 29.3 Å². The van der Waals surface area contributed by atoms with Crippen LogP contribution in [0.4, 0.5) is 18.9 Å². The third-order valence-electron chi connectivity index (χ3n) is 1.95. The van der Waals surface area contributed by atoms with E-state index in [4.69, 9.17) is 5.73 Å². The molecule has 0 heterocycles. The lowest BCUT2D eigenvalue weighted by molar-refractivity contribution is -0.274. The Balaban J connectivity index is 2.75. The van der Waals surface area contributed by atoms with Crippen LogP contribution in [-0.2, 0) is 0 Å². The van der Waals surface area contributed by atoms with E-state index < -0.39 is 6.36 Å². The Morgan fingerprint density at radius 2 is 2.11 bits per heavy atom. The van der Waals surface area contributed by atoms with Gasteiger partial charge in [0.05, 0.1) is 12.2 Å². The van der Waals surface area contributed by atoms with E-state index >= 15 is 0 Å². The second-order valence-corrected chi connectivity index (χ2v) is 4.41. The number of guanidine groups is 1. The van der Waals surface area contributed by atoms with Crippen LogP contribution >= 0.6 is 11.8 Å². The molecule has 19 heavy (non-hydrogen) atoms. The Labute approximate surface area is 113 Å². The van der Waals surface area contributed by atoms with Crippen LogP contribution in [0.1, 0.15) is 0 Å². The molecule has 0 aromatic heterocycles. The number of benzene rings is 1. The van der Waals surface area contributed by atoms with Crippen LogP contribution in [0.2, 0.25) is 0 Å². The summed E-state index contributed by atoms with van der Waals surface area (Å²) in [4.78, 5) is 3.97. The second-order valence-electron chi connectivity index (χ2n) is 3.43. The molecule has 1 rings (SSSR count). The summed E-state index contributed by atoms with van der Waals surface area (Å²) >= 11 is 1.60. The number of nitrogens with zero attached hydrogens (tertiary/aromatic N) is 1. The average Bonchev–Trinajstić information content (AvgIpc) is 2.30. The van der Waals surface area contributed by atoms with E-state index in [0.717, 1.165) is 5.75 Å². The molecule has 0 aliphatic heterocycles. The molecule has 0 unspecified atom stereocenters. The fourth-order valence-electron chi connectivity index (χ4n) is 1.22. The lowest BCUT2D eigenvalue weighted by Crippen LogP contribution is -2.24. The summed E-state index contributed by atoms with van der Waals surface area (Å²) in [5.41, 5.74) is 5.69. The van der Waals surface area contributed by atoms with E-state index in [1.807, 2.05) is 6.26 Å². The second kappa shape index (κ2) is 7.13. The first-order chi connectivity index (χ1) is 8.92. The van der Waals surface area contributed by atoms with Crippen molar-refractivity contribution in [2.24, 2.45) is 10.7 Å². The molecule has 0 bridgehead atoms. The minimum absolute atomic E-state index is 0.0484. The quantitative estimate of drug-likeness (QED) is 0.498. The van der Waals surface area contributed by atoms with Gasteiger partial charge in [-0.05, 0) is 18.4 Å². The summed E-state index contributed by atoms with van der Waals surface area (Å²) in [5, 5.41) is 2.59. The van der Waals surface area contributed by atoms with Gasteiger partial charge in [0.1, 0.15) is 0 Å². The highest BCUT2D eigenvalue weighted by Gasteiger charge is 2.32. The number of ether oxygens (including phenoxy) is 1.